The van der Waals surface area contributed by atoms with Gasteiger partial charge in [0.1, 0.15) is 5.75 Å². The molecule has 5 heteroatoms. The second kappa shape index (κ2) is 7.38. The fraction of sp³-hybridized carbons (Fsp3) is 0.300. The zero-order valence-electron chi connectivity index (χ0n) is 14.1. The first kappa shape index (κ1) is 17.0. The molecule has 2 aromatic rings. The van der Waals surface area contributed by atoms with Crippen LogP contribution in [-0.2, 0) is 24.1 Å². The summed E-state index contributed by atoms with van der Waals surface area (Å²) >= 11 is 0. The molecule has 0 spiro atoms. The SMILES string of the molecule is COc1ccc2c(c1)CC(NC(=O)c1cccc(CC(=O)O)c1)CC2. The maximum absolute atomic E-state index is 12.5. The van der Waals surface area contributed by atoms with Crippen molar-refractivity contribution in [2.45, 2.75) is 31.7 Å². The molecule has 25 heavy (non-hydrogen) atoms. The molecular weight excluding hydrogens is 318 g/mol. The van der Waals surface area contributed by atoms with Crippen LogP contribution in [0, 0.1) is 0 Å². The second-order valence-electron chi connectivity index (χ2n) is 6.32. The number of ether oxygens (including phenoxy) is 1. The smallest absolute Gasteiger partial charge is 0.307 e. The number of rotatable bonds is 5. The minimum absolute atomic E-state index is 0.0650. The first-order valence-corrected chi connectivity index (χ1v) is 8.32. The van der Waals surface area contributed by atoms with Crippen LogP contribution in [0.25, 0.3) is 0 Å². The predicted octanol–water partition coefficient (Wildman–Crippen LogP) is 2.61. The molecule has 3 rings (SSSR count). The number of carboxylic acid groups (broad SMARTS) is 1. The zero-order chi connectivity index (χ0) is 17.8. The standard InChI is InChI=1S/C20H21NO4/c1-25-18-8-6-14-5-7-17(11-16(14)12-18)21-20(24)15-4-2-3-13(9-15)10-19(22)23/h2-4,6,8-9,12,17H,5,7,10-11H2,1H3,(H,21,24)(H,22,23). The number of fused-ring (bicyclic) bond motifs is 1. The summed E-state index contributed by atoms with van der Waals surface area (Å²) in [6.45, 7) is 0. The van der Waals surface area contributed by atoms with Crippen LogP contribution >= 0.6 is 0 Å². The molecule has 1 aliphatic rings. The molecule has 5 nitrogen and oxygen atoms in total. The van der Waals surface area contributed by atoms with Crippen molar-refractivity contribution in [2.24, 2.45) is 0 Å². The third-order valence-corrected chi connectivity index (χ3v) is 4.52. The lowest BCUT2D eigenvalue weighted by molar-refractivity contribution is -0.136. The van der Waals surface area contributed by atoms with Crippen LogP contribution < -0.4 is 10.1 Å². The van der Waals surface area contributed by atoms with E-state index in [0.29, 0.717) is 11.1 Å². The fourth-order valence-electron chi connectivity index (χ4n) is 3.25. The quantitative estimate of drug-likeness (QED) is 0.878. The van der Waals surface area contributed by atoms with Crippen molar-refractivity contribution >= 4 is 11.9 Å². The van der Waals surface area contributed by atoms with Crippen LogP contribution in [-0.4, -0.2) is 30.1 Å². The van der Waals surface area contributed by atoms with Gasteiger partial charge in [-0.05, 0) is 60.2 Å². The molecule has 0 aliphatic heterocycles. The Hall–Kier alpha value is -2.82. The van der Waals surface area contributed by atoms with Gasteiger partial charge in [0.05, 0.1) is 13.5 Å². The molecule has 2 aromatic carbocycles. The van der Waals surface area contributed by atoms with E-state index in [9.17, 15) is 9.59 Å². The number of hydrogen-bond acceptors (Lipinski definition) is 3. The molecule has 0 saturated carbocycles. The number of aryl methyl sites for hydroxylation is 1. The number of benzene rings is 2. The predicted molar refractivity (Wildman–Crippen MR) is 94.1 cm³/mol. The van der Waals surface area contributed by atoms with Gasteiger partial charge in [-0.25, -0.2) is 0 Å². The number of nitrogens with one attached hydrogen (secondary N) is 1. The van der Waals surface area contributed by atoms with Crippen LogP contribution in [0.2, 0.25) is 0 Å². The van der Waals surface area contributed by atoms with Crippen LogP contribution in [0.1, 0.15) is 33.5 Å². The summed E-state index contributed by atoms with van der Waals surface area (Å²) in [5.41, 5.74) is 3.62. The Bertz CT molecular complexity index is 800. The van der Waals surface area contributed by atoms with Gasteiger partial charge in [-0.3, -0.25) is 9.59 Å². The molecule has 0 radical (unpaired) electrons. The van der Waals surface area contributed by atoms with Crippen LogP contribution in [0.5, 0.6) is 5.75 Å². The molecule has 1 aliphatic carbocycles. The van der Waals surface area contributed by atoms with Gasteiger partial charge < -0.3 is 15.2 Å². The van der Waals surface area contributed by atoms with Gasteiger partial charge in [0, 0.05) is 11.6 Å². The first-order valence-electron chi connectivity index (χ1n) is 8.32. The van der Waals surface area contributed by atoms with E-state index in [-0.39, 0.29) is 18.4 Å². The normalized spacial score (nSPS) is 16.0. The van der Waals surface area contributed by atoms with E-state index in [1.807, 2.05) is 12.1 Å². The lowest BCUT2D eigenvalue weighted by Crippen LogP contribution is -2.38. The van der Waals surface area contributed by atoms with E-state index in [0.717, 1.165) is 25.0 Å². The number of carbonyl (C=O) groups is 2. The van der Waals surface area contributed by atoms with Crippen molar-refractivity contribution < 1.29 is 19.4 Å². The summed E-state index contributed by atoms with van der Waals surface area (Å²) in [7, 11) is 1.65. The maximum Gasteiger partial charge on any atom is 0.307 e. The van der Waals surface area contributed by atoms with E-state index in [1.54, 1.807) is 31.4 Å². The Morgan fingerprint density at radius 3 is 2.80 bits per heavy atom. The summed E-state index contributed by atoms with van der Waals surface area (Å²) in [6.07, 6.45) is 2.49. The lowest BCUT2D eigenvalue weighted by Gasteiger charge is -2.26. The van der Waals surface area contributed by atoms with Crippen LogP contribution in [0.15, 0.2) is 42.5 Å². The summed E-state index contributed by atoms with van der Waals surface area (Å²) in [4.78, 5) is 23.3. The average molecular weight is 339 g/mol. The highest BCUT2D eigenvalue weighted by Gasteiger charge is 2.21. The Labute approximate surface area is 146 Å². The minimum atomic E-state index is -0.907. The first-order chi connectivity index (χ1) is 12.0. The monoisotopic (exact) mass is 339 g/mol. The number of carbonyl (C=O) groups excluding carboxylic acids is 1. The zero-order valence-corrected chi connectivity index (χ0v) is 14.1. The van der Waals surface area contributed by atoms with Crippen molar-refractivity contribution in [1.29, 1.82) is 0 Å². The van der Waals surface area contributed by atoms with E-state index < -0.39 is 5.97 Å². The molecule has 130 valence electrons. The Morgan fingerprint density at radius 2 is 2.04 bits per heavy atom. The van der Waals surface area contributed by atoms with Crippen LogP contribution in [0.3, 0.4) is 0 Å². The number of hydrogen-bond donors (Lipinski definition) is 2. The van der Waals surface area contributed by atoms with Gasteiger partial charge in [-0.15, -0.1) is 0 Å². The van der Waals surface area contributed by atoms with Crippen molar-refractivity contribution in [3.8, 4) is 5.75 Å². The molecule has 0 bridgehead atoms. The highest BCUT2D eigenvalue weighted by atomic mass is 16.5. The third-order valence-electron chi connectivity index (χ3n) is 4.52. The highest BCUT2D eigenvalue weighted by Crippen LogP contribution is 2.25. The Morgan fingerprint density at radius 1 is 1.20 bits per heavy atom. The van der Waals surface area contributed by atoms with E-state index >= 15 is 0 Å². The number of methoxy groups -OCH3 is 1. The summed E-state index contributed by atoms with van der Waals surface area (Å²) < 4.78 is 5.28. The molecule has 1 atom stereocenters. The van der Waals surface area contributed by atoms with E-state index in [4.69, 9.17) is 9.84 Å². The summed E-state index contributed by atoms with van der Waals surface area (Å²) in [5.74, 6) is -0.244. The van der Waals surface area contributed by atoms with Gasteiger partial charge in [0.2, 0.25) is 0 Å². The van der Waals surface area contributed by atoms with E-state index in [1.165, 1.54) is 11.1 Å². The third kappa shape index (κ3) is 4.18. The number of aliphatic carboxylic acids is 1. The van der Waals surface area contributed by atoms with Crippen molar-refractivity contribution in [3.05, 3.63) is 64.7 Å². The minimum Gasteiger partial charge on any atom is -0.497 e. The summed E-state index contributed by atoms with van der Waals surface area (Å²) in [6, 6.07) is 12.9. The van der Waals surface area contributed by atoms with Gasteiger partial charge in [-0.2, -0.15) is 0 Å². The van der Waals surface area contributed by atoms with Gasteiger partial charge >= 0.3 is 5.97 Å². The number of carboxylic acids is 1. The average Bonchev–Trinajstić information content (AvgIpc) is 2.60. The van der Waals surface area contributed by atoms with Gasteiger partial charge in [0.15, 0.2) is 0 Å². The molecule has 0 saturated heterocycles. The molecule has 0 heterocycles. The molecule has 0 aromatic heterocycles. The number of amides is 1. The molecule has 0 fully saturated rings. The largest absolute Gasteiger partial charge is 0.497 e. The maximum atomic E-state index is 12.5. The van der Waals surface area contributed by atoms with E-state index in [2.05, 4.69) is 11.4 Å². The summed E-state index contributed by atoms with van der Waals surface area (Å²) in [5, 5.41) is 11.9. The molecule has 2 N–H and O–H groups in total. The highest BCUT2D eigenvalue weighted by molar-refractivity contribution is 5.94. The lowest BCUT2D eigenvalue weighted by atomic mass is 9.88. The van der Waals surface area contributed by atoms with Crippen molar-refractivity contribution in [2.75, 3.05) is 7.11 Å². The Balaban J connectivity index is 1.68. The Kier molecular flexibility index (Phi) is 5.03. The molecular formula is C20H21NO4. The van der Waals surface area contributed by atoms with Crippen molar-refractivity contribution in [1.82, 2.24) is 5.32 Å². The van der Waals surface area contributed by atoms with Gasteiger partial charge in [-0.1, -0.05) is 18.2 Å². The topological polar surface area (TPSA) is 75.6 Å². The second-order valence-corrected chi connectivity index (χ2v) is 6.32. The van der Waals surface area contributed by atoms with Crippen LogP contribution in [0.4, 0.5) is 0 Å². The fourth-order valence-corrected chi connectivity index (χ4v) is 3.25. The van der Waals surface area contributed by atoms with Crippen molar-refractivity contribution in [3.63, 3.8) is 0 Å². The molecule has 1 amide bonds. The molecule has 1 unspecified atom stereocenters. The van der Waals surface area contributed by atoms with Gasteiger partial charge in [0.25, 0.3) is 5.91 Å².